The van der Waals surface area contributed by atoms with Gasteiger partial charge in [0.05, 0.1) is 0 Å². The Bertz CT molecular complexity index is 74.0. The van der Waals surface area contributed by atoms with Gasteiger partial charge in [-0.1, -0.05) is 27.2 Å². The summed E-state index contributed by atoms with van der Waals surface area (Å²) >= 11 is 0. The van der Waals surface area contributed by atoms with Crippen molar-refractivity contribution in [1.29, 1.82) is 0 Å². The summed E-state index contributed by atoms with van der Waals surface area (Å²) in [6.07, 6.45) is 3.91. The molecular weight excluding hydrogens is 122 g/mol. The summed E-state index contributed by atoms with van der Waals surface area (Å²) in [5.41, 5.74) is 0. The highest BCUT2D eigenvalue weighted by atomic mass is 14.9. The molecular formula is C9H23N. The van der Waals surface area contributed by atoms with Gasteiger partial charge in [-0.2, -0.15) is 0 Å². The molecule has 0 aromatic carbocycles. The van der Waals surface area contributed by atoms with Crippen LogP contribution in [0.2, 0.25) is 0 Å². The molecule has 0 saturated carbocycles. The Labute approximate surface area is 66.7 Å². The maximum absolute atomic E-state index is 3.33. The Morgan fingerprint density at radius 2 is 2.00 bits per heavy atom. The van der Waals surface area contributed by atoms with Crippen LogP contribution in [0, 0.1) is 5.92 Å². The lowest BCUT2D eigenvalue weighted by atomic mass is 10.0. The largest absolute Gasteiger partial charge is 0.317 e. The fraction of sp³-hybridized carbons (Fsp3) is 1.00. The van der Waals surface area contributed by atoms with Crippen molar-refractivity contribution in [3.05, 3.63) is 0 Å². The van der Waals surface area contributed by atoms with E-state index in [1.54, 1.807) is 0 Å². The van der Waals surface area contributed by atoms with Crippen LogP contribution >= 0.6 is 0 Å². The molecule has 0 rings (SSSR count). The highest BCUT2D eigenvalue weighted by molar-refractivity contribution is 4.64. The first-order valence-corrected chi connectivity index (χ1v) is 4.38. The van der Waals surface area contributed by atoms with Crippen LogP contribution in [0.1, 0.15) is 41.5 Å². The third-order valence-electron chi connectivity index (χ3n) is 1.80. The van der Waals surface area contributed by atoms with E-state index >= 15 is 0 Å². The molecule has 0 aliphatic heterocycles. The van der Waals surface area contributed by atoms with Crippen molar-refractivity contribution in [3.63, 3.8) is 0 Å². The summed E-state index contributed by atoms with van der Waals surface area (Å²) < 4.78 is 0. The summed E-state index contributed by atoms with van der Waals surface area (Å²) in [7, 11) is 2.06. The molecule has 0 fully saturated rings. The molecule has 0 aliphatic rings. The number of hydrogen-bond acceptors (Lipinski definition) is 1. The molecule has 64 valence electrons. The normalized spacial score (nSPS) is 14.1. The molecule has 0 heterocycles. The van der Waals surface area contributed by atoms with Gasteiger partial charge in [0.2, 0.25) is 0 Å². The predicted molar refractivity (Wildman–Crippen MR) is 49.3 cm³/mol. The van der Waals surface area contributed by atoms with E-state index < -0.39 is 0 Å². The molecule has 0 spiro atoms. The van der Waals surface area contributed by atoms with Crippen LogP contribution in [0.3, 0.4) is 0 Å². The average molecular weight is 145 g/mol. The molecule has 0 saturated heterocycles. The first-order chi connectivity index (χ1) is 4.70. The van der Waals surface area contributed by atoms with Gasteiger partial charge in [0.25, 0.3) is 0 Å². The van der Waals surface area contributed by atoms with E-state index in [9.17, 15) is 0 Å². The minimum Gasteiger partial charge on any atom is -0.317 e. The highest BCUT2D eigenvalue weighted by Crippen LogP contribution is 2.08. The van der Waals surface area contributed by atoms with E-state index in [4.69, 9.17) is 0 Å². The zero-order valence-electron chi connectivity index (χ0n) is 7.78. The topological polar surface area (TPSA) is 12.0 Å². The van der Waals surface area contributed by atoms with Crippen molar-refractivity contribution < 1.29 is 1.43 Å². The number of nitrogens with one attached hydrogen (secondary N) is 1. The molecule has 0 aliphatic carbocycles. The van der Waals surface area contributed by atoms with Crippen molar-refractivity contribution in [2.75, 3.05) is 7.05 Å². The van der Waals surface area contributed by atoms with E-state index in [0.717, 1.165) is 12.0 Å². The van der Waals surface area contributed by atoms with E-state index in [0.29, 0.717) is 0 Å². The van der Waals surface area contributed by atoms with Gasteiger partial charge in [-0.05, 0) is 25.8 Å². The second kappa shape index (κ2) is 5.72. The van der Waals surface area contributed by atoms with Gasteiger partial charge < -0.3 is 5.32 Å². The monoisotopic (exact) mass is 145 g/mol. The zero-order chi connectivity index (χ0) is 7.98. The molecule has 1 unspecified atom stereocenters. The highest BCUT2D eigenvalue weighted by Gasteiger charge is 2.05. The summed E-state index contributed by atoms with van der Waals surface area (Å²) in [5, 5.41) is 3.33. The molecule has 0 bridgehead atoms. The van der Waals surface area contributed by atoms with Crippen LogP contribution in [-0.4, -0.2) is 13.1 Å². The van der Waals surface area contributed by atoms with Crippen LogP contribution < -0.4 is 5.32 Å². The molecule has 0 aromatic rings. The standard InChI is InChI=1S/C9H21N.H2/c1-5-6-9(10-4)7-8(2)3;/h8-10H,5-7H2,1-4H3;1H. The van der Waals surface area contributed by atoms with Crippen LogP contribution in [-0.2, 0) is 0 Å². The Hall–Kier alpha value is -0.0400. The van der Waals surface area contributed by atoms with Crippen molar-refractivity contribution in [2.24, 2.45) is 5.92 Å². The molecule has 1 nitrogen and oxygen atoms in total. The third kappa shape index (κ3) is 4.80. The van der Waals surface area contributed by atoms with Crippen LogP contribution in [0.4, 0.5) is 0 Å². The van der Waals surface area contributed by atoms with Crippen molar-refractivity contribution in [3.8, 4) is 0 Å². The maximum atomic E-state index is 3.33. The van der Waals surface area contributed by atoms with E-state index in [1.165, 1.54) is 19.3 Å². The van der Waals surface area contributed by atoms with Crippen LogP contribution in [0.25, 0.3) is 0 Å². The quantitative estimate of drug-likeness (QED) is 0.627. The van der Waals surface area contributed by atoms with Crippen molar-refractivity contribution in [1.82, 2.24) is 5.32 Å². The Kier molecular flexibility index (Phi) is 5.70. The lowest BCUT2D eigenvalue weighted by Crippen LogP contribution is -2.26. The van der Waals surface area contributed by atoms with Gasteiger partial charge in [-0.25, -0.2) is 0 Å². The molecule has 1 atom stereocenters. The molecule has 0 amide bonds. The van der Waals surface area contributed by atoms with Gasteiger partial charge in [0.1, 0.15) is 0 Å². The Morgan fingerprint density at radius 3 is 2.30 bits per heavy atom. The number of hydrogen-bond donors (Lipinski definition) is 1. The summed E-state index contributed by atoms with van der Waals surface area (Å²) in [6, 6.07) is 0.741. The minimum atomic E-state index is 0. The second-order valence-electron chi connectivity index (χ2n) is 3.40. The van der Waals surface area contributed by atoms with Gasteiger partial charge in [-0.3, -0.25) is 0 Å². The van der Waals surface area contributed by atoms with E-state index in [-0.39, 0.29) is 1.43 Å². The Morgan fingerprint density at radius 1 is 1.40 bits per heavy atom. The average Bonchev–Trinajstić information content (AvgIpc) is 1.86. The lowest BCUT2D eigenvalue weighted by molar-refractivity contribution is 0.418. The van der Waals surface area contributed by atoms with Gasteiger partial charge in [0.15, 0.2) is 0 Å². The summed E-state index contributed by atoms with van der Waals surface area (Å²) in [6.45, 7) is 6.80. The van der Waals surface area contributed by atoms with Crippen LogP contribution in [0.15, 0.2) is 0 Å². The van der Waals surface area contributed by atoms with Crippen molar-refractivity contribution >= 4 is 0 Å². The summed E-state index contributed by atoms with van der Waals surface area (Å²) in [4.78, 5) is 0. The van der Waals surface area contributed by atoms with Gasteiger partial charge in [0, 0.05) is 7.47 Å². The zero-order valence-corrected chi connectivity index (χ0v) is 7.78. The minimum absolute atomic E-state index is 0. The Balaban J connectivity index is 0. The fourth-order valence-corrected chi connectivity index (χ4v) is 1.30. The van der Waals surface area contributed by atoms with Crippen molar-refractivity contribution in [2.45, 2.75) is 46.1 Å². The maximum Gasteiger partial charge on any atom is 0.00663 e. The molecule has 0 radical (unpaired) electrons. The first kappa shape index (κ1) is 9.96. The van der Waals surface area contributed by atoms with E-state index in [1.807, 2.05) is 0 Å². The lowest BCUT2D eigenvalue weighted by Gasteiger charge is -2.16. The predicted octanol–water partition coefficient (Wildman–Crippen LogP) is 2.67. The third-order valence-corrected chi connectivity index (χ3v) is 1.80. The SMILES string of the molecule is CCCC(CC(C)C)NC.[HH]. The number of rotatable bonds is 5. The molecule has 1 heteroatoms. The smallest absolute Gasteiger partial charge is 0.00663 e. The van der Waals surface area contributed by atoms with Gasteiger partial charge in [-0.15, -0.1) is 0 Å². The molecule has 0 aromatic heterocycles. The second-order valence-corrected chi connectivity index (χ2v) is 3.40. The van der Waals surface area contributed by atoms with Gasteiger partial charge >= 0.3 is 0 Å². The van der Waals surface area contributed by atoms with Crippen LogP contribution in [0.5, 0.6) is 0 Å². The molecule has 10 heavy (non-hydrogen) atoms. The fourth-order valence-electron chi connectivity index (χ4n) is 1.30. The van der Waals surface area contributed by atoms with E-state index in [2.05, 4.69) is 33.1 Å². The summed E-state index contributed by atoms with van der Waals surface area (Å²) in [5.74, 6) is 0.823. The molecule has 1 N–H and O–H groups in total. The first-order valence-electron chi connectivity index (χ1n) is 4.38.